The molecule has 0 unspecified atom stereocenters. The molecule has 0 amide bonds. The molecule has 20 heavy (non-hydrogen) atoms. The molecule has 2 rings (SSSR count). The molecule has 0 aliphatic carbocycles. The number of halogens is 1. The van der Waals surface area contributed by atoms with E-state index in [9.17, 15) is 0 Å². The summed E-state index contributed by atoms with van der Waals surface area (Å²) in [5.74, 6) is 0.858. The number of hydrogen-bond acceptors (Lipinski definition) is 2. The normalized spacial score (nSPS) is 10.8. The van der Waals surface area contributed by atoms with E-state index in [1.165, 1.54) is 0 Å². The Morgan fingerprint density at radius 2 is 1.75 bits per heavy atom. The van der Waals surface area contributed by atoms with Crippen LogP contribution in [0.1, 0.15) is 5.56 Å². The first-order valence-electron chi connectivity index (χ1n) is 6.69. The Morgan fingerprint density at radius 3 is 2.35 bits per heavy atom. The van der Waals surface area contributed by atoms with Gasteiger partial charge in [0.15, 0.2) is 0 Å². The van der Waals surface area contributed by atoms with Gasteiger partial charge in [0.05, 0.1) is 12.1 Å². The minimum absolute atomic E-state index is 0.789. The first-order chi connectivity index (χ1) is 9.63. The zero-order valence-corrected chi connectivity index (χ0v) is 12.9. The highest BCUT2D eigenvalue weighted by Gasteiger charge is 2.13. The molecule has 0 spiro atoms. The van der Waals surface area contributed by atoms with E-state index >= 15 is 0 Å². The van der Waals surface area contributed by atoms with E-state index in [-0.39, 0.29) is 0 Å². The Hall–Kier alpha value is -1.51. The molecule has 0 saturated carbocycles. The van der Waals surface area contributed by atoms with Gasteiger partial charge in [-0.25, -0.2) is 0 Å². The predicted molar refractivity (Wildman–Crippen MR) is 85.7 cm³/mol. The van der Waals surface area contributed by atoms with Crippen LogP contribution in [0.15, 0.2) is 42.5 Å². The SMILES string of the molecule is COc1ccc(-c2ccccc2)c(Cl)c1CCN(C)C. The van der Waals surface area contributed by atoms with Crippen LogP contribution in [0.4, 0.5) is 0 Å². The van der Waals surface area contributed by atoms with E-state index < -0.39 is 0 Å². The number of ether oxygens (including phenoxy) is 1. The Labute approximate surface area is 125 Å². The Bertz CT molecular complexity index is 567. The van der Waals surface area contributed by atoms with Crippen molar-refractivity contribution in [3.8, 4) is 16.9 Å². The first kappa shape index (κ1) is 14.9. The fourth-order valence-corrected chi connectivity index (χ4v) is 2.56. The predicted octanol–water partition coefficient (Wildman–Crippen LogP) is 4.12. The minimum atomic E-state index is 0.789. The van der Waals surface area contributed by atoms with Crippen LogP contribution in [0.5, 0.6) is 5.75 Å². The fourth-order valence-electron chi connectivity index (χ4n) is 2.20. The van der Waals surface area contributed by atoms with Crippen molar-refractivity contribution in [2.75, 3.05) is 27.7 Å². The van der Waals surface area contributed by atoms with Gasteiger partial charge < -0.3 is 9.64 Å². The van der Waals surface area contributed by atoms with Crippen LogP contribution in [0.3, 0.4) is 0 Å². The quantitative estimate of drug-likeness (QED) is 0.821. The highest BCUT2D eigenvalue weighted by Crippen LogP contribution is 2.36. The molecule has 0 N–H and O–H groups in total. The van der Waals surface area contributed by atoms with E-state index in [1.54, 1.807) is 7.11 Å². The summed E-state index contributed by atoms with van der Waals surface area (Å²) in [7, 11) is 5.80. The maximum atomic E-state index is 6.61. The van der Waals surface area contributed by atoms with Gasteiger partial charge in [0.25, 0.3) is 0 Å². The fraction of sp³-hybridized carbons (Fsp3) is 0.294. The van der Waals surface area contributed by atoms with E-state index in [1.807, 2.05) is 30.3 Å². The second-order valence-electron chi connectivity index (χ2n) is 5.03. The zero-order valence-electron chi connectivity index (χ0n) is 12.2. The maximum Gasteiger partial charge on any atom is 0.123 e. The van der Waals surface area contributed by atoms with Gasteiger partial charge in [-0.2, -0.15) is 0 Å². The van der Waals surface area contributed by atoms with Crippen LogP contribution in [0.25, 0.3) is 11.1 Å². The van der Waals surface area contributed by atoms with Crippen LogP contribution in [0, 0.1) is 0 Å². The van der Waals surface area contributed by atoms with Crippen molar-refractivity contribution in [1.82, 2.24) is 4.90 Å². The number of methoxy groups -OCH3 is 1. The number of likely N-dealkylation sites (N-methyl/N-ethyl adjacent to an activating group) is 1. The third-order valence-electron chi connectivity index (χ3n) is 3.31. The van der Waals surface area contributed by atoms with Crippen molar-refractivity contribution < 1.29 is 4.74 Å². The van der Waals surface area contributed by atoms with Crippen molar-refractivity contribution in [3.05, 3.63) is 53.1 Å². The molecule has 0 fully saturated rings. The average molecular weight is 290 g/mol. The summed E-state index contributed by atoms with van der Waals surface area (Å²) in [4.78, 5) is 2.14. The Balaban J connectivity index is 2.43. The minimum Gasteiger partial charge on any atom is -0.496 e. The molecule has 106 valence electrons. The molecule has 0 saturated heterocycles. The van der Waals surface area contributed by atoms with Crippen molar-refractivity contribution in [2.45, 2.75) is 6.42 Å². The monoisotopic (exact) mass is 289 g/mol. The lowest BCUT2D eigenvalue weighted by Crippen LogP contribution is -2.15. The van der Waals surface area contributed by atoms with Crippen molar-refractivity contribution in [3.63, 3.8) is 0 Å². The highest BCUT2D eigenvalue weighted by atomic mass is 35.5. The lowest BCUT2D eigenvalue weighted by molar-refractivity contribution is 0.392. The molecule has 0 radical (unpaired) electrons. The van der Waals surface area contributed by atoms with Crippen LogP contribution >= 0.6 is 11.6 Å². The lowest BCUT2D eigenvalue weighted by atomic mass is 10.0. The van der Waals surface area contributed by atoms with Gasteiger partial charge in [0, 0.05) is 17.7 Å². The smallest absolute Gasteiger partial charge is 0.123 e. The van der Waals surface area contributed by atoms with Gasteiger partial charge in [0.2, 0.25) is 0 Å². The molecule has 2 aromatic carbocycles. The summed E-state index contributed by atoms with van der Waals surface area (Å²) in [6.45, 7) is 0.939. The van der Waals surface area contributed by atoms with Crippen molar-refractivity contribution >= 4 is 11.6 Å². The first-order valence-corrected chi connectivity index (χ1v) is 7.06. The number of benzene rings is 2. The molecule has 0 bridgehead atoms. The molecular formula is C17H20ClNO. The van der Waals surface area contributed by atoms with E-state index in [2.05, 4.69) is 31.1 Å². The largest absolute Gasteiger partial charge is 0.496 e. The van der Waals surface area contributed by atoms with Gasteiger partial charge in [-0.1, -0.05) is 41.9 Å². The lowest BCUT2D eigenvalue weighted by Gasteiger charge is -2.16. The summed E-state index contributed by atoms with van der Waals surface area (Å²) < 4.78 is 5.45. The molecule has 0 heterocycles. The second-order valence-corrected chi connectivity index (χ2v) is 5.41. The number of rotatable bonds is 5. The molecule has 0 atom stereocenters. The van der Waals surface area contributed by atoms with Gasteiger partial charge in [-0.3, -0.25) is 0 Å². The Morgan fingerprint density at radius 1 is 1.05 bits per heavy atom. The van der Waals surface area contributed by atoms with Crippen LogP contribution in [-0.4, -0.2) is 32.6 Å². The average Bonchev–Trinajstić information content (AvgIpc) is 2.46. The summed E-state index contributed by atoms with van der Waals surface area (Å²) in [6, 6.07) is 14.2. The Kier molecular flexibility index (Phi) is 5.05. The van der Waals surface area contributed by atoms with Gasteiger partial charge in [0.1, 0.15) is 5.75 Å². The van der Waals surface area contributed by atoms with Crippen molar-refractivity contribution in [2.24, 2.45) is 0 Å². The van der Waals surface area contributed by atoms with Crippen LogP contribution in [-0.2, 0) is 6.42 Å². The van der Waals surface area contributed by atoms with Crippen molar-refractivity contribution in [1.29, 1.82) is 0 Å². The van der Waals surface area contributed by atoms with Crippen LogP contribution in [0.2, 0.25) is 5.02 Å². The second kappa shape index (κ2) is 6.78. The molecule has 2 aromatic rings. The van der Waals surface area contributed by atoms with Gasteiger partial charge >= 0.3 is 0 Å². The standard InChI is InChI=1S/C17H20ClNO/c1-19(2)12-11-15-16(20-3)10-9-14(17(15)18)13-7-5-4-6-8-13/h4-10H,11-12H2,1-3H3. The van der Waals surface area contributed by atoms with E-state index in [0.717, 1.165) is 40.4 Å². The summed E-state index contributed by atoms with van der Waals surface area (Å²) in [6.07, 6.45) is 0.871. The molecule has 0 aliphatic heterocycles. The molecular weight excluding hydrogens is 270 g/mol. The molecule has 0 aliphatic rings. The third kappa shape index (κ3) is 3.33. The number of nitrogens with zero attached hydrogens (tertiary/aromatic N) is 1. The number of hydrogen-bond donors (Lipinski definition) is 0. The highest BCUT2D eigenvalue weighted by molar-refractivity contribution is 6.34. The summed E-state index contributed by atoms with van der Waals surface area (Å²) in [5.41, 5.74) is 3.26. The molecule has 2 nitrogen and oxygen atoms in total. The summed E-state index contributed by atoms with van der Waals surface area (Å²) >= 11 is 6.61. The van der Waals surface area contributed by atoms with Crippen LogP contribution < -0.4 is 4.74 Å². The van der Waals surface area contributed by atoms with Gasteiger partial charge in [-0.15, -0.1) is 0 Å². The zero-order chi connectivity index (χ0) is 14.5. The molecule has 0 aromatic heterocycles. The molecule has 3 heteroatoms. The maximum absolute atomic E-state index is 6.61. The van der Waals surface area contributed by atoms with E-state index in [0.29, 0.717) is 0 Å². The topological polar surface area (TPSA) is 12.5 Å². The third-order valence-corrected chi connectivity index (χ3v) is 3.75. The summed E-state index contributed by atoms with van der Waals surface area (Å²) in [5, 5.41) is 0.789. The van der Waals surface area contributed by atoms with Gasteiger partial charge in [-0.05, 0) is 38.2 Å². The van der Waals surface area contributed by atoms with E-state index in [4.69, 9.17) is 16.3 Å².